The van der Waals surface area contributed by atoms with E-state index in [1.807, 2.05) is 13.0 Å². The van der Waals surface area contributed by atoms with Gasteiger partial charge in [-0.2, -0.15) is 28.5 Å². The topological polar surface area (TPSA) is 87.8 Å². The molecule has 0 bridgehead atoms. The highest BCUT2D eigenvalue weighted by molar-refractivity contribution is 5.84. The van der Waals surface area contributed by atoms with E-state index < -0.39 is 12.6 Å². The van der Waals surface area contributed by atoms with Gasteiger partial charge in [-0.1, -0.05) is 12.2 Å². The molecule has 10 heteroatoms. The first-order valence-corrected chi connectivity index (χ1v) is 8.41. The van der Waals surface area contributed by atoms with Gasteiger partial charge in [0.15, 0.2) is 0 Å². The van der Waals surface area contributed by atoms with E-state index >= 15 is 0 Å². The standard InChI is InChI=1S/C17H22F3N7/c1-3-22-16-12(2)8-13(4-6-24-26-25-16)14-5-7-27(10-14)15(23-11-21)9-17(18,19)20/h3-4,6,14,22,25-26H,1,5,7-10H2,2H3/b13-4+,16-12-,23-15+,24-6-. The summed E-state index contributed by atoms with van der Waals surface area (Å²) in [4.78, 5) is 4.95. The van der Waals surface area contributed by atoms with Gasteiger partial charge >= 0.3 is 6.18 Å². The molecule has 2 aliphatic heterocycles. The second-order valence-electron chi connectivity index (χ2n) is 6.29. The van der Waals surface area contributed by atoms with Crippen molar-refractivity contribution in [2.45, 2.75) is 32.4 Å². The molecule has 0 aromatic carbocycles. The molecule has 1 saturated heterocycles. The predicted molar refractivity (Wildman–Crippen MR) is 96.9 cm³/mol. The number of hydrazine groups is 1. The van der Waals surface area contributed by atoms with Crippen molar-refractivity contribution >= 4 is 12.1 Å². The smallest absolute Gasteiger partial charge is 0.358 e. The van der Waals surface area contributed by atoms with Crippen LogP contribution < -0.4 is 16.3 Å². The lowest BCUT2D eigenvalue weighted by molar-refractivity contribution is -0.122. The third-order valence-corrected chi connectivity index (χ3v) is 4.37. The summed E-state index contributed by atoms with van der Waals surface area (Å²) in [6, 6.07) is 0. The highest BCUT2D eigenvalue weighted by Gasteiger charge is 2.35. The Bertz CT molecular complexity index is 713. The largest absolute Gasteiger partial charge is 0.396 e. The summed E-state index contributed by atoms with van der Waals surface area (Å²) in [5.41, 5.74) is 7.66. The fourth-order valence-corrected chi connectivity index (χ4v) is 3.12. The zero-order valence-corrected chi connectivity index (χ0v) is 15.0. The van der Waals surface area contributed by atoms with Gasteiger partial charge < -0.3 is 10.2 Å². The highest BCUT2D eigenvalue weighted by Crippen LogP contribution is 2.31. The Morgan fingerprint density at radius 2 is 2.37 bits per heavy atom. The van der Waals surface area contributed by atoms with Gasteiger partial charge in [-0.3, -0.25) is 5.43 Å². The highest BCUT2D eigenvalue weighted by atomic mass is 19.4. The predicted octanol–water partition coefficient (Wildman–Crippen LogP) is 2.51. The molecule has 2 aliphatic rings. The van der Waals surface area contributed by atoms with Crippen LogP contribution in [0.4, 0.5) is 13.2 Å². The van der Waals surface area contributed by atoms with Gasteiger partial charge in [-0.05, 0) is 43.5 Å². The zero-order chi connectivity index (χ0) is 19.9. The van der Waals surface area contributed by atoms with E-state index in [1.54, 1.807) is 11.1 Å². The lowest BCUT2D eigenvalue weighted by Gasteiger charge is -2.22. The molecule has 1 unspecified atom stereocenters. The summed E-state index contributed by atoms with van der Waals surface area (Å²) in [5, 5.41) is 15.7. The van der Waals surface area contributed by atoms with Crippen molar-refractivity contribution in [1.82, 2.24) is 21.2 Å². The van der Waals surface area contributed by atoms with Crippen LogP contribution in [0.3, 0.4) is 0 Å². The van der Waals surface area contributed by atoms with Gasteiger partial charge in [0.05, 0.1) is 0 Å². The monoisotopic (exact) mass is 381 g/mol. The van der Waals surface area contributed by atoms with Crippen molar-refractivity contribution in [3.63, 3.8) is 0 Å². The third kappa shape index (κ3) is 6.06. The maximum Gasteiger partial charge on any atom is 0.396 e. The van der Waals surface area contributed by atoms with Crippen LogP contribution in [0.1, 0.15) is 26.2 Å². The van der Waals surface area contributed by atoms with E-state index in [0.717, 1.165) is 11.1 Å². The maximum atomic E-state index is 12.8. The Hall–Kier alpha value is -2.96. The first-order chi connectivity index (χ1) is 12.8. The van der Waals surface area contributed by atoms with Crippen LogP contribution >= 0.6 is 0 Å². The molecule has 27 heavy (non-hydrogen) atoms. The lowest BCUT2D eigenvalue weighted by atomic mass is 9.92. The summed E-state index contributed by atoms with van der Waals surface area (Å²) >= 11 is 0. The summed E-state index contributed by atoms with van der Waals surface area (Å²) in [6.45, 7) is 6.39. The molecule has 0 aliphatic carbocycles. The number of halogens is 3. The van der Waals surface area contributed by atoms with Gasteiger partial charge in [0.25, 0.3) is 0 Å². The number of rotatable bonds is 4. The number of amidine groups is 1. The Balaban J connectivity index is 2.16. The Morgan fingerprint density at radius 3 is 3.04 bits per heavy atom. The molecule has 0 aromatic rings. The van der Waals surface area contributed by atoms with E-state index in [4.69, 9.17) is 5.26 Å². The van der Waals surface area contributed by atoms with Gasteiger partial charge in [-0.15, -0.1) is 0 Å². The van der Waals surface area contributed by atoms with Crippen molar-refractivity contribution in [2.75, 3.05) is 13.1 Å². The molecular weight excluding hydrogens is 359 g/mol. The van der Waals surface area contributed by atoms with Crippen LogP contribution in [-0.4, -0.2) is 36.2 Å². The van der Waals surface area contributed by atoms with Crippen LogP contribution in [0.2, 0.25) is 0 Å². The molecule has 3 N–H and O–H groups in total. The molecule has 0 radical (unpaired) electrons. The minimum atomic E-state index is -4.40. The van der Waals surface area contributed by atoms with E-state index in [-0.39, 0.29) is 11.8 Å². The Morgan fingerprint density at radius 1 is 1.59 bits per heavy atom. The number of nitrogens with zero attached hydrogens (tertiary/aromatic N) is 4. The second kappa shape index (κ2) is 9.12. The number of hydrogen-bond acceptors (Lipinski definition) is 6. The van der Waals surface area contributed by atoms with Crippen LogP contribution in [0.25, 0.3) is 0 Å². The Labute approximate surface area is 156 Å². The van der Waals surface area contributed by atoms with Crippen molar-refractivity contribution in [1.29, 1.82) is 5.26 Å². The van der Waals surface area contributed by atoms with Gasteiger partial charge in [0, 0.05) is 19.3 Å². The number of likely N-dealkylation sites (tertiary alicyclic amines) is 1. The van der Waals surface area contributed by atoms with Crippen molar-refractivity contribution in [2.24, 2.45) is 16.0 Å². The summed E-state index contributed by atoms with van der Waals surface area (Å²) in [5.74, 6) is 0.537. The summed E-state index contributed by atoms with van der Waals surface area (Å²) in [7, 11) is 0. The van der Waals surface area contributed by atoms with Crippen LogP contribution in [0.5, 0.6) is 0 Å². The molecule has 0 amide bonds. The lowest BCUT2D eigenvalue weighted by Crippen LogP contribution is -2.33. The van der Waals surface area contributed by atoms with E-state index in [2.05, 4.69) is 33.0 Å². The molecule has 2 rings (SSSR count). The number of allylic oxidation sites excluding steroid dienone is 2. The number of aliphatic imine (C=N–C) groups is 1. The van der Waals surface area contributed by atoms with E-state index in [1.165, 1.54) is 12.4 Å². The fourth-order valence-electron chi connectivity index (χ4n) is 3.12. The summed E-state index contributed by atoms with van der Waals surface area (Å²) in [6.07, 6.45) is 2.20. The second-order valence-corrected chi connectivity index (χ2v) is 6.29. The maximum absolute atomic E-state index is 12.8. The number of nitriles is 1. The van der Waals surface area contributed by atoms with Gasteiger partial charge in [0.2, 0.25) is 6.19 Å². The normalized spacial score (nSPS) is 27.1. The molecule has 0 aromatic heterocycles. The molecule has 7 nitrogen and oxygen atoms in total. The third-order valence-electron chi connectivity index (χ3n) is 4.37. The number of nitrogens with one attached hydrogen (secondary N) is 3. The van der Waals surface area contributed by atoms with Gasteiger partial charge in [-0.25, -0.2) is 5.53 Å². The minimum Gasteiger partial charge on any atom is -0.358 e. The van der Waals surface area contributed by atoms with Crippen molar-refractivity contribution < 1.29 is 13.2 Å². The van der Waals surface area contributed by atoms with Crippen LogP contribution in [0, 0.1) is 17.4 Å². The van der Waals surface area contributed by atoms with Crippen molar-refractivity contribution in [3.8, 4) is 6.19 Å². The minimum absolute atomic E-state index is 0.0478. The number of alkyl halides is 3. The molecule has 0 saturated carbocycles. The number of hydrazone groups is 1. The zero-order valence-electron chi connectivity index (χ0n) is 15.0. The van der Waals surface area contributed by atoms with E-state index in [9.17, 15) is 13.2 Å². The molecule has 1 fully saturated rings. The Kier molecular flexibility index (Phi) is 6.87. The quantitative estimate of drug-likeness (QED) is 0.396. The molecular formula is C17H22F3N7. The average molecular weight is 381 g/mol. The molecule has 1 atom stereocenters. The first-order valence-electron chi connectivity index (χ1n) is 8.41. The van der Waals surface area contributed by atoms with Gasteiger partial charge in [0.1, 0.15) is 18.1 Å². The molecule has 2 heterocycles. The number of hydrogen-bond donors (Lipinski definition) is 3. The van der Waals surface area contributed by atoms with Crippen molar-refractivity contribution in [3.05, 3.63) is 35.8 Å². The molecule has 0 spiro atoms. The van der Waals surface area contributed by atoms with Crippen LogP contribution in [-0.2, 0) is 0 Å². The SMILES string of the molecule is C=CN/C1=C(\C)C/C(C2CCN(/C(CC(F)(F)F)=N/C#N)C2)=C\C=N/NN1. The fraction of sp³-hybridized carbons (Fsp3) is 0.471. The first kappa shape index (κ1) is 20.4. The van der Waals surface area contributed by atoms with E-state index in [0.29, 0.717) is 31.8 Å². The van der Waals surface area contributed by atoms with Crippen LogP contribution in [0.15, 0.2) is 45.9 Å². The summed E-state index contributed by atoms with van der Waals surface area (Å²) < 4.78 is 38.3. The molecule has 146 valence electrons. The average Bonchev–Trinajstić information content (AvgIpc) is 3.09.